The topological polar surface area (TPSA) is 95.5 Å². The van der Waals surface area contributed by atoms with Crippen LogP contribution >= 0.6 is 11.8 Å². The minimum atomic E-state index is -1.09. The average molecular weight is 274 g/mol. The molecule has 1 aliphatic carbocycles. The Morgan fingerprint density at radius 2 is 2.06 bits per heavy atom. The van der Waals surface area contributed by atoms with E-state index in [1.807, 2.05) is 0 Å². The van der Waals surface area contributed by atoms with Crippen molar-refractivity contribution in [3.63, 3.8) is 0 Å². The van der Waals surface area contributed by atoms with Crippen molar-refractivity contribution in [2.24, 2.45) is 5.92 Å². The van der Waals surface area contributed by atoms with Crippen molar-refractivity contribution in [1.29, 1.82) is 0 Å². The summed E-state index contributed by atoms with van der Waals surface area (Å²) in [7, 11) is 0. The Bertz CT molecular complexity index is 331. The highest BCUT2D eigenvalue weighted by molar-refractivity contribution is 8.00. The number of carbonyl (C=O) groups is 3. The summed E-state index contributed by atoms with van der Waals surface area (Å²) in [5, 5.41) is 14.0. The molecule has 0 aromatic carbocycles. The average Bonchev–Trinajstić information content (AvgIpc) is 3.08. The zero-order valence-electron chi connectivity index (χ0n) is 10.3. The molecule has 7 heteroatoms. The van der Waals surface area contributed by atoms with Gasteiger partial charge in [0.25, 0.3) is 0 Å². The second-order valence-corrected chi connectivity index (χ2v) is 5.38. The molecular formula is C11H18N2O4S. The van der Waals surface area contributed by atoms with E-state index in [2.05, 4.69) is 10.6 Å². The number of aliphatic carboxylic acids is 1. The summed E-state index contributed by atoms with van der Waals surface area (Å²) < 4.78 is 0. The van der Waals surface area contributed by atoms with E-state index in [9.17, 15) is 14.4 Å². The van der Waals surface area contributed by atoms with Gasteiger partial charge in [0, 0.05) is 19.2 Å². The van der Waals surface area contributed by atoms with Gasteiger partial charge >= 0.3 is 5.97 Å². The van der Waals surface area contributed by atoms with E-state index < -0.39 is 12.0 Å². The largest absolute Gasteiger partial charge is 0.480 e. The Morgan fingerprint density at radius 3 is 2.56 bits per heavy atom. The third kappa shape index (κ3) is 6.48. The van der Waals surface area contributed by atoms with Crippen molar-refractivity contribution in [2.45, 2.75) is 25.8 Å². The van der Waals surface area contributed by atoms with E-state index in [1.54, 1.807) is 0 Å². The summed E-state index contributed by atoms with van der Waals surface area (Å²) in [5.74, 6) is -0.525. The number of hydrogen-bond acceptors (Lipinski definition) is 4. The maximum absolute atomic E-state index is 11.4. The SMILES string of the molecule is CC(=O)NC(CSCC(=O)NCC1CC1)C(=O)O. The lowest BCUT2D eigenvalue weighted by molar-refractivity contribution is -0.140. The molecule has 1 rings (SSSR count). The maximum atomic E-state index is 11.4. The smallest absolute Gasteiger partial charge is 0.327 e. The van der Waals surface area contributed by atoms with Crippen molar-refractivity contribution in [1.82, 2.24) is 10.6 Å². The molecule has 0 heterocycles. The lowest BCUT2D eigenvalue weighted by atomic mass is 10.3. The fraction of sp³-hybridized carbons (Fsp3) is 0.727. The predicted molar refractivity (Wildman–Crippen MR) is 68.3 cm³/mol. The Balaban J connectivity index is 2.14. The number of carbonyl (C=O) groups excluding carboxylic acids is 2. The second kappa shape index (κ2) is 7.25. The van der Waals surface area contributed by atoms with E-state index in [4.69, 9.17) is 5.11 Å². The van der Waals surface area contributed by atoms with Gasteiger partial charge in [-0.25, -0.2) is 4.79 Å². The van der Waals surface area contributed by atoms with Crippen molar-refractivity contribution in [3.8, 4) is 0 Å². The molecule has 0 aliphatic heterocycles. The van der Waals surface area contributed by atoms with Gasteiger partial charge in [-0.2, -0.15) is 0 Å². The molecule has 18 heavy (non-hydrogen) atoms. The number of carboxylic acid groups (broad SMARTS) is 1. The summed E-state index contributed by atoms with van der Waals surface area (Å²) in [4.78, 5) is 33.0. The van der Waals surface area contributed by atoms with Crippen LogP contribution < -0.4 is 10.6 Å². The van der Waals surface area contributed by atoms with Crippen LogP contribution in [0.2, 0.25) is 0 Å². The molecule has 0 saturated heterocycles. The number of thioether (sulfide) groups is 1. The van der Waals surface area contributed by atoms with Crippen LogP contribution in [0.25, 0.3) is 0 Å². The monoisotopic (exact) mass is 274 g/mol. The summed E-state index contributed by atoms with van der Waals surface area (Å²) in [5.41, 5.74) is 0. The van der Waals surface area contributed by atoms with Crippen molar-refractivity contribution in [3.05, 3.63) is 0 Å². The van der Waals surface area contributed by atoms with Crippen molar-refractivity contribution >= 4 is 29.5 Å². The van der Waals surface area contributed by atoms with Gasteiger partial charge in [0.1, 0.15) is 6.04 Å². The van der Waals surface area contributed by atoms with Gasteiger partial charge in [-0.3, -0.25) is 9.59 Å². The first-order valence-electron chi connectivity index (χ1n) is 5.83. The molecule has 0 aromatic heterocycles. The summed E-state index contributed by atoms with van der Waals surface area (Å²) in [6.07, 6.45) is 2.36. The fourth-order valence-corrected chi connectivity index (χ4v) is 2.19. The Labute approximate surface area is 110 Å². The standard InChI is InChI=1S/C11H18N2O4S/c1-7(14)13-9(11(16)17)5-18-6-10(15)12-4-8-2-3-8/h8-9H,2-6H2,1H3,(H,12,15)(H,13,14)(H,16,17). The quantitative estimate of drug-likeness (QED) is 0.571. The highest BCUT2D eigenvalue weighted by Gasteiger charge is 2.22. The summed E-state index contributed by atoms with van der Waals surface area (Å²) >= 11 is 1.20. The van der Waals surface area contributed by atoms with E-state index >= 15 is 0 Å². The van der Waals surface area contributed by atoms with Crippen LogP contribution in [0.3, 0.4) is 0 Å². The van der Waals surface area contributed by atoms with Crippen LogP contribution in [0.15, 0.2) is 0 Å². The molecule has 1 fully saturated rings. The van der Waals surface area contributed by atoms with E-state index in [1.165, 1.54) is 31.5 Å². The fourth-order valence-electron chi connectivity index (χ4n) is 1.32. The lowest BCUT2D eigenvalue weighted by Crippen LogP contribution is -2.41. The first-order valence-corrected chi connectivity index (χ1v) is 6.99. The van der Waals surface area contributed by atoms with Gasteiger partial charge in [-0.15, -0.1) is 11.8 Å². The van der Waals surface area contributed by atoms with E-state index in [0.29, 0.717) is 12.5 Å². The minimum absolute atomic E-state index is 0.0844. The predicted octanol–water partition coefficient (Wildman–Crippen LogP) is -0.165. The summed E-state index contributed by atoms with van der Waals surface area (Å²) in [6.45, 7) is 1.98. The van der Waals surface area contributed by atoms with Gasteiger partial charge in [0.15, 0.2) is 0 Å². The van der Waals surface area contributed by atoms with Crippen LogP contribution in [-0.2, 0) is 14.4 Å². The Morgan fingerprint density at radius 1 is 1.39 bits per heavy atom. The molecule has 0 spiro atoms. The lowest BCUT2D eigenvalue weighted by Gasteiger charge is -2.12. The zero-order valence-corrected chi connectivity index (χ0v) is 11.1. The molecule has 1 saturated carbocycles. The van der Waals surface area contributed by atoms with Crippen LogP contribution in [0.4, 0.5) is 0 Å². The number of amides is 2. The first kappa shape index (κ1) is 14.8. The Hall–Kier alpha value is -1.24. The molecule has 2 amide bonds. The van der Waals surface area contributed by atoms with Crippen LogP contribution in [0.1, 0.15) is 19.8 Å². The van der Waals surface area contributed by atoms with Gasteiger partial charge in [-0.1, -0.05) is 0 Å². The second-order valence-electron chi connectivity index (χ2n) is 4.35. The molecule has 0 radical (unpaired) electrons. The third-order valence-electron chi connectivity index (χ3n) is 2.48. The first-order chi connectivity index (χ1) is 8.49. The molecule has 1 aliphatic rings. The van der Waals surface area contributed by atoms with Gasteiger partial charge < -0.3 is 15.7 Å². The minimum Gasteiger partial charge on any atom is -0.480 e. The molecule has 102 valence electrons. The molecule has 3 N–H and O–H groups in total. The van der Waals surface area contributed by atoms with Gasteiger partial charge in [0.2, 0.25) is 11.8 Å². The molecule has 6 nitrogen and oxygen atoms in total. The van der Waals surface area contributed by atoms with Crippen LogP contribution in [0.5, 0.6) is 0 Å². The molecular weight excluding hydrogens is 256 g/mol. The zero-order chi connectivity index (χ0) is 13.5. The van der Waals surface area contributed by atoms with E-state index in [0.717, 1.165) is 0 Å². The summed E-state index contributed by atoms with van der Waals surface area (Å²) in [6, 6.07) is -0.941. The van der Waals surface area contributed by atoms with Gasteiger partial charge in [-0.05, 0) is 18.8 Å². The van der Waals surface area contributed by atoms with Crippen LogP contribution in [0, 0.1) is 5.92 Å². The van der Waals surface area contributed by atoms with Gasteiger partial charge in [0.05, 0.1) is 5.75 Å². The van der Waals surface area contributed by atoms with Crippen LogP contribution in [-0.4, -0.2) is 47.0 Å². The number of carboxylic acids is 1. The number of rotatable bonds is 8. The highest BCUT2D eigenvalue weighted by atomic mass is 32.2. The molecule has 0 bridgehead atoms. The number of nitrogens with one attached hydrogen (secondary N) is 2. The normalized spacial score (nSPS) is 15.8. The third-order valence-corrected chi connectivity index (χ3v) is 3.51. The van der Waals surface area contributed by atoms with Crippen molar-refractivity contribution < 1.29 is 19.5 Å². The molecule has 1 atom stereocenters. The maximum Gasteiger partial charge on any atom is 0.327 e. The van der Waals surface area contributed by atoms with E-state index in [-0.39, 0.29) is 23.3 Å². The van der Waals surface area contributed by atoms with Crippen molar-refractivity contribution in [2.75, 3.05) is 18.1 Å². The molecule has 0 aromatic rings. The number of hydrogen-bond donors (Lipinski definition) is 3. The Kier molecular flexibility index (Phi) is 5.97. The molecule has 1 unspecified atom stereocenters. The highest BCUT2D eigenvalue weighted by Crippen LogP contribution is 2.27.